The predicted molar refractivity (Wildman–Crippen MR) is 130 cm³/mol. The lowest BCUT2D eigenvalue weighted by atomic mass is 10.2. The average Bonchev–Trinajstić information content (AvgIpc) is 2.77. The van der Waals surface area contributed by atoms with Gasteiger partial charge in [-0.15, -0.1) is 10.2 Å². The summed E-state index contributed by atoms with van der Waals surface area (Å²) in [6.45, 7) is 9.85. The molecule has 0 heterocycles. The third-order valence-corrected chi connectivity index (χ3v) is 3.63. The van der Waals surface area contributed by atoms with Crippen molar-refractivity contribution in [3.63, 3.8) is 0 Å². The molecule has 0 saturated carbocycles. The molecule has 6 N–H and O–H groups in total. The Morgan fingerprint density at radius 3 is 1.23 bits per heavy atom. The molecular weight excluding hydrogens is 464 g/mol. The summed E-state index contributed by atoms with van der Waals surface area (Å²) in [6, 6.07) is 0. The molecule has 0 aromatic rings. The quantitative estimate of drug-likeness (QED) is 0.0677. The van der Waals surface area contributed by atoms with Gasteiger partial charge in [0.05, 0.1) is 26.4 Å². The summed E-state index contributed by atoms with van der Waals surface area (Å²) in [6.07, 6.45) is 0.152. The first kappa shape index (κ1) is 30.9. The maximum absolute atomic E-state index is 12.1. The number of aliphatic hydroxyl groups excluding tert-OH is 2. The predicted octanol–water partition coefficient (Wildman–Crippen LogP) is 1.58. The molecule has 0 aliphatic rings. The van der Waals surface area contributed by atoms with Crippen LogP contribution in [0.5, 0.6) is 0 Å². The van der Waals surface area contributed by atoms with Gasteiger partial charge < -0.3 is 40.6 Å². The first-order valence-corrected chi connectivity index (χ1v) is 10.7. The minimum absolute atomic E-state index is 0.0477. The Kier molecular flexibility index (Phi) is 14.6. The van der Waals surface area contributed by atoms with Gasteiger partial charge in [0.1, 0.15) is 0 Å². The Morgan fingerprint density at radius 1 is 0.629 bits per heavy atom. The molecule has 196 valence electrons. The minimum Gasteiger partial charge on any atom is -0.480 e. The zero-order valence-corrected chi connectivity index (χ0v) is 20.8. The van der Waals surface area contributed by atoms with E-state index in [4.69, 9.17) is 30.4 Å². The van der Waals surface area contributed by atoms with Crippen molar-refractivity contribution >= 4 is 35.0 Å². The van der Waals surface area contributed by atoms with Crippen molar-refractivity contribution in [1.29, 1.82) is 0 Å². The van der Waals surface area contributed by atoms with E-state index in [0.29, 0.717) is 11.4 Å². The maximum Gasteiger partial charge on any atom is 0.349 e. The maximum atomic E-state index is 12.1. The summed E-state index contributed by atoms with van der Waals surface area (Å²) in [4.78, 5) is 24.1. The zero-order chi connectivity index (χ0) is 27.0. The van der Waals surface area contributed by atoms with E-state index in [-0.39, 0.29) is 32.8 Å². The molecule has 0 saturated heterocycles. The fourth-order valence-electron chi connectivity index (χ4n) is 2.25. The zero-order valence-electron chi connectivity index (χ0n) is 20.8. The molecule has 14 heteroatoms. The van der Waals surface area contributed by atoms with Crippen LogP contribution in [0.2, 0.25) is 0 Å². The third-order valence-electron chi connectivity index (χ3n) is 3.63. The molecule has 0 fully saturated rings. The van der Waals surface area contributed by atoms with Crippen molar-refractivity contribution in [2.24, 2.45) is 31.9 Å². The van der Waals surface area contributed by atoms with E-state index in [9.17, 15) is 19.8 Å². The summed E-state index contributed by atoms with van der Waals surface area (Å²) in [7, 11) is 0. The van der Waals surface area contributed by atoms with Crippen LogP contribution in [0.15, 0.2) is 43.4 Å². The molecular formula is C21H34N6O8. The number of aliphatic hydroxyl groups is 2. The molecule has 0 aromatic carbocycles. The lowest BCUT2D eigenvalue weighted by molar-refractivity contribution is -0.139. The third kappa shape index (κ3) is 11.0. The number of esters is 2. The molecule has 0 aliphatic heterocycles. The van der Waals surface area contributed by atoms with E-state index in [1.807, 2.05) is 0 Å². The Morgan fingerprint density at radius 2 is 0.943 bits per heavy atom. The topological polar surface area (TPSA) is 213 Å². The van der Waals surface area contributed by atoms with E-state index in [0.717, 1.165) is 0 Å². The van der Waals surface area contributed by atoms with E-state index in [2.05, 4.69) is 20.4 Å². The van der Waals surface area contributed by atoms with E-state index in [1.165, 1.54) is 0 Å². The van der Waals surface area contributed by atoms with Crippen LogP contribution < -0.4 is 11.5 Å². The van der Waals surface area contributed by atoms with Crippen LogP contribution in [0.1, 0.15) is 48.0 Å². The van der Waals surface area contributed by atoms with Gasteiger partial charge >= 0.3 is 11.9 Å². The van der Waals surface area contributed by atoms with Crippen LogP contribution in [0.25, 0.3) is 0 Å². The van der Waals surface area contributed by atoms with Gasteiger partial charge in [-0.1, -0.05) is 0 Å². The van der Waals surface area contributed by atoms with Gasteiger partial charge in [-0.05, 0) is 41.5 Å². The summed E-state index contributed by atoms with van der Waals surface area (Å²) < 4.78 is 19.5. The summed E-state index contributed by atoms with van der Waals surface area (Å²) in [5, 5.41) is 35.2. The number of nitrogens with two attached hydrogens (primary N) is 2. The van der Waals surface area contributed by atoms with Gasteiger partial charge in [-0.2, -0.15) is 10.2 Å². The van der Waals surface area contributed by atoms with E-state index in [1.54, 1.807) is 41.5 Å². The molecule has 0 bridgehead atoms. The van der Waals surface area contributed by atoms with Gasteiger partial charge in [0, 0.05) is 17.8 Å². The van der Waals surface area contributed by atoms with Gasteiger partial charge in [0.2, 0.25) is 0 Å². The van der Waals surface area contributed by atoms with Crippen molar-refractivity contribution in [3.05, 3.63) is 23.0 Å². The van der Waals surface area contributed by atoms with Crippen molar-refractivity contribution in [2.45, 2.75) is 48.0 Å². The molecule has 35 heavy (non-hydrogen) atoms. The highest BCUT2D eigenvalue weighted by Crippen LogP contribution is 2.09. The van der Waals surface area contributed by atoms with Gasteiger partial charge in [0.15, 0.2) is 22.8 Å². The first-order chi connectivity index (χ1) is 16.5. The first-order valence-electron chi connectivity index (χ1n) is 10.7. The smallest absolute Gasteiger partial charge is 0.349 e. The summed E-state index contributed by atoms with van der Waals surface area (Å²) >= 11 is 0. The minimum atomic E-state index is -0.920. The van der Waals surface area contributed by atoms with Crippen molar-refractivity contribution in [3.8, 4) is 0 Å². The molecule has 0 unspecified atom stereocenters. The molecule has 0 radical (unpaired) electrons. The fraction of sp³-hybridized carbons (Fsp3) is 0.524. The highest BCUT2D eigenvalue weighted by Gasteiger charge is 2.24. The van der Waals surface area contributed by atoms with Crippen LogP contribution >= 0.6 is 0 Å². The van der Waals surface area contributed by atoms with E-state index >= 15 is 0 Å². The SMILES string of the molecule is CCOC(=O)C(C(N)=NN=C(C)CC(C)=NN=C(N)C(C(=O)OCC)=C(O)OCC)=C(O)OCC. The number of carbonyl (C=O) groups is 2. The number of hydrogen-bond donors (Lipinski definition) is 4. The molecule has 0 aromatic heterocycles. The molecule has 0 aliphatic carbocycles. The Bertz CT molecular complexity index is 860. The van der Waals surface area contributed by atoms with Crippen LogP contribution in [0.4, 0.5) is 0 Å². The number of amidine groups is 2. The Labute approximate surface area is 203 Å². The highest BCUT2D eigenvalue weighted by molar-refractivity contribution is 6.19. The van der Waals surface area contributed by atoms with Crippen LogP contribution in [0, 0.1) is 0 Å². The normalized spacial score (nSPS) is 14.6. The second kappa shape index (κ2) is 16.5. The van der Waals surface area contributed by atoms with Crippen molar-refractivity contribution in [1.82, 2.24) is 0 Å². The summed E-state index contributed by atoms with van der Waals surface area (Å²) in [5.41, 5.74) is 11.5. The molecule has 0 spiro atoms. The van der Waals surface area contributed by atoms with Gasteiger partial charge in [-0.25, -0.2) is 9.59 Å². The number of nitrogens with zero attached hydrogens (tertiary/aromatic N) is 4. The molecule has 14 nitrogen and oxygen atoms in total. The van der Waals surface area contributed by atoms with Crippen LogP contribution in [-0.4, -0.2) is 71.7 Å². The largest absolute Gasteiger partial charge is 0.480 e. The van der Waals surface area contributed by atoms with Gasteiger partial charge in [0.25, 0.3) is 11.9 Å². The number of hydrogen-bond acceptors (Lipinski definition) is 12. The van der Waals surface area contributed by atoms with E-state index < -0.39 is 46.6 Å². The highest BCUT2D eigenvalue weighted by atomic mass is 16.6. The fourth-order valence-corrected chi connectivity index (χ4v) is 2.25. The standard InChI is InChI=1S/C21H34N6O8/c1-7-32-18(28)14(19(29)33-8-2)16(22)26-24-12(5)11-13(6)25-27-17(23)15(20(30)34-9-3)21(31)35-10-4/h28,30H,7-11H2,1-6H3,(H2,22,26)(H2,23,27). The second-order valence-electron chi connectivity index (χ2n) is 6.49. The number of carbonyl (C=O) groups excluding carboxylic acids is 2. The molecule has 0 amide bonds. The Hall–Kier alpha value is -4.10. The molecule has 0 rings (SSSR count). The summed E-state index contributed by atoms with van der Waals surface area (Å²) in [5.74, 6) is -4.14. The second-order valence-corrected chi connectivity index (χ2v) is 6.49. The number of ether oxygens (including phenoxy) is 4. The average molecular weight is 499 g/mol. The van der Waals surface area contributed by atoms with Gasteiger partial charge in [-0.3, -0.25) is 0 Å². The van der Waals surface area contributed by atoms with Crippen LogP contribution in [0.3, 0.4) is 0 Å². The monoisotopic (exact) mass is 498 g/mol. The molecule has 0 atom stereocenters. The lowest BCUT2D eigenvalue weighted by Gasteiger charge is -2.09. The van der Waals surface area contributed by atoms with Crippen LogP contribution in [-0.2, 0) is 28.5 Å². The number of rotatable bonds is 14. The Balaban J connectivity index is 5.77. The van der Waals surface area contributed by atoms with Crippen molar-refractivity contribution < 1.29 is 38.7 Å². The van der Waals surface area contributed by atoms with Crippen molar-refractivity contribution in [2.75, 3.05) is 26.4 Å². The lowest BCUT2D eigenvalue weighted by Crippen LogP contribution is -2.25.